The molecule has 0 aromatic heterocycles. The van der Waals surface area contributed by atoms with Crippen LogP contribution < -0.4 is 9.47 Å². The van der Waals surface area contributed by atoms with Crippen molar-refractivity contribution in [3.8, 4) is 11.5 Å². The number of amides is 1. The number of aliphatic carboxylic acids is 1. The second kappa shape index (κ2) is 7.73. The summed E-state index contributed by atoms with van der Waals surface area (Å²) >= 11 is 0. The highest BCUT2D eigenvalue weighted by molar-refractivity contribution is 7.88. The highest BCUT2D eigenvalue weighted by Crippen LogP contribution is 2.32. The first-order valence-electron chi connectivity index (χ1n) is 8.59. The summed E-state index contributed by atoms with van der Waals surface area (Å²) in [4.78, 5) is 25.4. The van der Waals surface area contributed by atoms with E-state index in [1.807, 2.05) is 0 Å². The third-order valence-corrected chi connectivity index (χ3v) is 6.05. The van der Waals surface area contributed by atoms with E-state index in [0.717, 1.165) is 6.26 Å². The van der Waals surface area contributed by atoms with E-state index in [0.29, 0.717) is 29.9 Å². The van der Waals surface area contributed by atoms with Crippen molar-refractivity contribution in [2.45, 2.75) is 25.3 Å². The number of benzene rings is 1. The minimum atomic E-state index is -3.28. The van der Waals surface area contributed by atoms with E-state index < -0.39 is 22.5 Å². The second-order valence-electron chi connectivity index (χ2n) is 6.67. The lowest BCUT2D eigenvalue weighted by atomic mass is 10.0. The highest BCUT2D eigenvalue weighted by atomic mass is 32.2. The van der Waals surface area contributed by atoms with Crippen molar-refractivity contribution in [1.82, 2.24) is 9.21 Å². The lowest BCUT2D eigenvalue weighted by Crippen LogP contribution is -2.50. The third kappa shape index (κ3) is 4.69. The molecule has 3 rings (SSSR count). The van der Waals surface area contributed by atoms with Gasteiger partial charge in [-0.15, -0.1) is 0 Å². The number of piperidine rings is 1. The maximum Gasteiger partial charge on any atom is 0.323 e. The molecule has 2 aliphatic rings. The zero-order chi connectivity index (χ0) is 19.6. The van der Waals surface area contributed by atoms with E-state index in [4.69, 9.17) is 9.47 Å². The third-order valence-electron chi connectivity index (χ3n) is 4.75. The summed E-state index contributed by atoms with van der Waals surface area (Å²) in [6, 6.07) is 4.87. The van der Waals surface area contributed by atoms with Gasteiger partial charge in [0.15, 0.2) is 11.5 Å². The quantitative estimate of drug-likeness (QED) is 0.733. The van der Waals surface area contributed by atoms with Gasteiger partial charge in [-0.3, -0.25) is 9.59 Å². The molecular weight excluding hydrogens is 376 g/mol. The monoisotopic (exact) mass is 398 g/mol. The van der Waals surface area contributed by atoms with Gasteiger partial charge in [-0.05, 0) is 30.5 Å². The fourth-order valence-corrected chi connectivity index (χ4v) is 4.25. The fraction of sp³-hybridized carbons (Fsp3) is 0.529. The molecule has 0 saturated carbocycles. The molecule has 2 aliphatic heterocycles. The Balaban J connectivity index is 1.69. The minimum Gasteiger partial charge on any atom is -0.480 e. The lowest BCUT2D eigenvalue weighted by Gasteiger charge is -2.37. The maximum absolute atomic E-state index is 12.8. The Morgan fingerprint density at radius 2 is 1.89 bits per heavy atom. The summed E-state index contributed by atoms with van der Waals surface area (Å²) in [6.45, 7) is 0.275. The van der Waals surface area contributed by atoms with Gasteiger partial charge in [0.2, 0.25) is 22.7 Å². The first-order chi connectivity index (χ1) is 12.7. The van der Waals surface area contributed by atoms with Crippen molar-refractivity contribution in [1.29, 1.82) is 0 Å². The average Bonchev–Trinajstić information content (AvgIpc) is 3.06. The first kappa shape index (κ1) is 19.4. The molecule has 0 bridgehead atoms. The molecule has 2 heterocycles. The van der Waals surface area contributed by atoms with Crippen LogP contribution in [-0.4, -0.2) is 73.3 Å². The largest absolute Gasteiger partial charge is 0.480 e. The Hall–Kier alpha value is -2.33. The standard InChI is InChI=1S/C17H22N2O7S/c1-27(23,24)18-6-4-13(5-7-18)19(10-17(21)22)16(20)9-12-2-3-14-15(8-12)26-11-25-14/h2-3,8,13H,4-7,9-11H2,1H3,(H,21,22). The second-order valence-corrected chi connectivity index (χ2v) is 8.66. The van der Waals surface area contributed by atoms with Crippen molar-refractivity contribution in [2.24, 2.45) is 0 Å². The zero-order valence-electron chi connectivity index (χ0n) is 15.0. The molecule has 1 saturated heterocycles. The molecule has 27 heavy (non-hydrogen) atoms. The van der Waals surface area contributed by atoms with Crippen molar-refractivity contribution in [3.63, 3.8) is 0 Å². The topological polar surface area (TPSA) is 113 Å². The van der Waals surface area contributed by atoms with Gasteiger partial charge in [-0.1, -0.05) is 6.07 Å². The maximum atomic E-state index is 12.8. The number of ether oxygens (including phenoxy) is 2. The number of carboxylic acid groups (broad SMARTS) is 1. The van der Waals surface area contributed by atoms with E-state index >= 15 is 0 Å². The van der Waals surface area contributed by atoms with Gasteiger partial charge in [0, 0.05) is 19.1 Å². The Labute approximate surface area is 157 Å². The highest BCUT2D eigenvalue weighted by Gasteiger charge is 2.32. The molecule has 0 unspecified atom stereocenters. The molecule has 0 aliphatic carbocycles. The van der Waals surface area contributed by atoms with Crippen LogP contribution in [0.5, 0.6) is 11.5 Å². The van der Waals surface area contributed by atoms with Crippen LogP contribution in [0, 0.1) is 0 Å². The van der Waals surface area contributed by atoms with Crippen molar-refractivity contribution in [2.75, 3.05) is 32.7 Å². The van der Waals surface area contributed by atoms with Crippen LogP contribution in [0.2, 0.25) is 0 Å². The average molecular weight is 398 g/mol. The van der Waals surface area contributed by atoms with Gasteiger partial charge in [0.05, 0.1) is 12.7 Å². The number of sulfonamides is 1. The summed E-state index contributed by atoms with van der Waals surface area (Å²) in [5.41, 5.74) is 0.702. The predicted octanol–water partition coefficient (Wildman–Crippen LogP) is 0.295. The molecule has 0 radical (unpaired) electrons. The molecule has 1 aromatic carbocycles. The van der Waals surface area contributed by atoms with Crippen LogP contribution in [0.4, 0.5) is 0 Å². The molecule has 1 N–H and O–H groups in total. The summed E-state index contributed by atoms with van der Waals surface area (Å²) in [5.74, 6) is -0.234. The number of nitrogens with zero attached hydrogens (tertiary/aromatic N) is 2. The Bertz CT molecular complexity index is 832. The van der Waals surface area contributed by atoms with Crippen LogP contribution in [0.3, 0.4) is 0 Å². The molecule has 1 fully saturated rings. The molecule has 10 heteroatoms. The van der Waals surface area contributed by atoms with Gasteiger partial charge < -0.3 is 19.5 Å². The number of carbonyl (C=O) groups excluding carboxylic acids is 1. The van der Waals surface area contributed by atoms with Crippen LogP contribution in [0.1, 0.15) is 18.4 Å². The zero-order valence-corrected chi connectivity index (χ0v) is 15.8. The molecular formula is C17H22N2O7S. The summed E-state index contributed by atoms with van der Waals surface area (Å²) in [6.07, 6.45) is 2.00. The first-order valence-corrected chi connectivity index (χ1v) is 10.4. The molecule has 1 amide bonds. The molecule has 148 valence electrons. The summed E-state index contributed by atoms with van der Waals surface area (Å²) < 4.78 is 35.2. The van der Waals surface area contributed by atoms with Gasteiger partial charge in [-0.25, -0.2) is 12.7 Å². The molecule has 0 atom stereocenters. The Morgan fingerprint density at radius 1 is 1.22 bits per heavy atom. The lowest BCUT2D eigenvalue weighted by molar-refractivity contribution is -0.146. The van der Waals surface area contributed by atoms with Crippen LogP contribution in [-0.2, 0) is 26.0 Å². The molecule has 0 spiro atoms. The fourth-order valence-electron chi connectivity index (χ4n) is 3.38. The Morgan fingerprint density at radius 3 is 2.52 bits per heavy atom. The van der Waals surface area contributed by atoms with Gasteiger partial charge >= 0.3 is 5.97 Å². The van der Waals surface area contributed by atoms with Crippen molar-refractivity contribution >= 4 is 21.9 Å². The van der Waals surface area contributed by atoms with Crippen LogP contribution in [0.15, 0.2) is 18.2 Å². The van der Waals surface area contributed by atoms with Crippen LogP contribution >= 0.6 is 0 Å². The van der Waals surface area contributed by atoms with Gasteiger partial charge in [0.1, 0.15) is 6.54 Å². The number of carboxylic acids is 1. The Kier molecular flexibility index (Phi) is 5.56. The summed E-state index contributed by atoms with van der Waals surface area (Å²) in [5, 5.41) is 9.20. The van der Waals surface area contributed by atoms with Gasteiger partial charge in [0.25, 0.3) is 0 Å². The van der Waals surface area contributed by atoms with E-state index in [1.165, 1.54) is 9.21 Å². The SMILES string of the molecule is CS(=O)(=O)N1CCC(N(CC(=O)O)C(=O)Cc2ccc3c(c2)OCO3)CC1. The number of fused-ring (bicyclic) bond motifs is 1. The predicted molar refractivity (Wildman–Crippen MR) is 95.1 cm³/mol. The molecule has 9 nitrogen and oxygen atoms in total. The number of rotatable bonds is 6. The van der Waals surface area contributed by atoms with Crippen molar-refractivity contribution in [3.05, 3.63) is 23.8 Å². The van der Waals surface area contributed by atoms with Gasteiger partial charge in [-0.2, -0.15) is 0 Å². The minimum absolute atomic E-state index is 0.0379. The number of carbonyl (C=O) groups is 2. The van der Waals surface area contributed by atoms with E-state index in [-0.39, 0.29) is 38.3 Å². The normalized spacial score (nSPS) is 17.7. The van der Waals surface area contributed by atoms with Crippen LogP contribution in [0.25, 0.3) is 0 Å². The molecule has 1 aromatic rings. The van der Waals surface area contributed by atoms with E-state index in [2.05, 4.69) is 0 Å². The van der Waals surface area contributed by atoms with E-state index in [9.17, 15) is 23.1 Å². The number of hydrogen-bond acceptors (Lipinski definition) is 6. The number of hydrogen-bond donors (Lipinski definition) is 1. The van der Waals surface area contributed by atoms with Crippen molar-refractivity contribution < 1.29 is 32.6 Å². The summed E-state index contributed by atoms with van der Waals surface area (Å²) in [7, 11) is -3.28. The van der Waals surface area contributed by atoms with E-state index in [1.54, 1.807) is 18.2 Å². The smallest absolute Gasteiger partial charge is 0.323 e.